The molecule has 3 aliphatic heterocycles. The fourth-order valence-corrected chi connectivity index (χ4v) is 4.99. The first-order chi connectivity index (χ1) is 15.4. The van der Waals surface area contributed by atoms with Gasteiger partial charge in [0, 0.05) is 60.6 Å². The Morgan fingerprint density at radius 3 is 2.81 bits per heavy atom. The Kier molecular flexibility index (Phi) is 6.87. The number of nitrogens with zero attached hydrogens (tertiary/aromatic N) is 5. The molecule has 1 unspecified atom stereocenters. The number of H-pyrrole nitrogens is 1. The summed E-state index contributed by atoms with van der Waals surface area (Å²) in [7, 11) is 0. The largest absolute Gasteiger partial charge is 0.324 e. The van der Waals surface area contributed by atoms with Crippen LogP contribution in [0.4, 0.5) is 5.82 Å². The van der Waals surface area contributed by atoms with E-state index in [4.69, 9.17) is 10.3 Å². The molecule has 1 aromatic rings. The number of allylic oxidation sites excluding steroid dienone is 2. The third-order valence-electron chi connectivity index (χ3n) is 6.70. The number of aromatic nitrogens is 2. The molecule has 3 atom stereocenters. The molecule has 170 valence electrons. The number of hydrogen-bond donors (Lipinski definition) is 3. The van der Waals surface area contributed by atoms with Crippen molar-refractivity contribution in [2.45, 2.75) is 71.0 Å². The molecule has 3 aliphatic rings. The molecule has 0 aromatic carbocycles. The van der Waals surface area contributed by atoms with Crippen molar-refractivity contribution in [3.05, 3.63) is 35.7 Å². The number of aliphatic imine (C=N–C) groups is 2. The van der Waals surface area contributed by atoms with Crippen molar-refractivity contribution in [3.63, 3.8) is 0 Å². The predicted octanol–water partition coefficient (Wildman–Crippen LogP) is 3.54. The number of fused-ring (bicyclic) bond motifs is 2. The van der Waals surface area contributed by atoms with Crippen molar-refractivity contribution < 1.29 is 0 Å². The number of nitriles is 1. The van der Waals surface area contributed by atoms with Gasteiger partial charge in [-0.25, -0.2) is 0 Å². The molecular weight excluding hydrogens is 400 g/mol. The van der Waals surface area contributed by atoms with Crippen LogP contribution in [0.1, 0.15) is 51.6 Å². The average Bonchev–Trinajstić information content (AvgIpc) is 3.26. The van der Waals surface area contributed by atoms with E-state index < -0.39 is 0 Å². The maximum Gasteiger partial charge on any atom is 0.153 e. The molecule has 1 aromatic heterocycles. The van der Waals surface area contributed by atoms with Crippen LogP contribution in [0.5, 0.6) is 0 Å². The summed E-state index contributed by atoms with van der Waals surface area (Å²) in [5, 5.41) is 23.2. The van der Waals surface area contributed by atoms with E-state index in [9.17, 15) is 0 Å². The summed E-state index contributed by atoms with van der Waals surface area (Å²) in [6, 6.07) is 5.91. The molecular formula is C24H34N8. The van der Waals surface area contributed by atoms with Crippen molar-refractivity contribution in [2.24, 2.45) is 15.4 Å². The second kappa shape index (κ2) is 9.80. The highest BCUT2D eigenvalue weighted by Crippen LogP contribution is 2.35. The minimum absolute atomic E-state index is 0.151. The van der Waals surface area contributed by atoms with Gasteiger partial charge in [0.1, 0.15) is 5.84 Å². The first-order valence-electron chi connectivity index (χ1n) is 11.6. The quantitative estimate of drug-likeness (QED) is 0.450. The standard InChI is InChI=1S/C24H34N8/c1-17-12-23(31-30-17)29-22(15-21-24(2,3)8-4-10-26-21)28-16-27-18-13-19-6-7-20(14-18)32(19)11-5-9-25/h4,8,10,12,15,18-20,27H,5-7,11,13-14,16H2,1-3H3,(H2,28,29,30,31)/b21-15+/t18?,19-,20+. The lowest BCUT2D eigenvalue weighted by atomic mass is 9.87. The lowest BCUT2D eigenvalue weighted by Gasteiger charge is -2.38. The molecule has 0 amide bonds. The van der Waals surface area contributed by atoms with E-state index in [1.807, 2.05) is 31.4 Å². The van der Waals surface area contributed by atoms with Crippen molar-refractivity contribution in [1.29, 1.82) is 5.26 Å². The van der Waals surface area contributed by atoms with Crippen LogP contribution in [0.2, 0.25) is 0 Å². The van der Waals surface area contributed by atoms with Crippen LogP contribution in [-0.4, -0.2) is 58.5 Å². The molecule has 0 aliphatic carbocycles. The van der Waals surface area contributed by atoms with Gasteiger partial charge in [0.2, 0.25) is 0 Å². The van der Waals surface area contributed by atoms with Gasteiger partial charge < -0.3 is 5.32 Å². The van der Waals surface area contributed by atoms with Crippen LogP contribution in [0.25, 0.3) is 0 Å². The van der Waals surface area contributed by atoms with Crippen molar-refractivity contribution in [1.82, 2.24) is 20.4 Å². The molecule has 8 heteroatoms. The first kappa shape index (κ1) is 22.4. The normalized spacial score (nSPS) is 28.2. The molecule has 2 fully saturated rings. The lowest BCUT2D eigenvalue weighted by Crippen LogP contribution is -2.49. The Labute approximate surface area is 190 Å². The zero-order chi connectivity index (χ0) is 22.6. The van der Waals surface area contributed by atoms with Crippen LogP contribution < -0.4 is 10.6 Å². The lowest BCUT2D eigenvalue weighted by molar-refractivity contribution is 0.120. The number of dihydropyridines is 1. The number of nitrogens with one attached hydrogen (secondary N) is 3. The molecule has 4 rings (SSSR count). The second-order valence-corrected chi connectivity index (χ2v) is 9.55. The van der Waals surface area contributed by atoms with E-state index in [-0.39, 0.29) is 5.41 Å². The van der Waals surface area contributed by atoms with Gasteiger partial charge in [0.25, 0.3) is 0 Å². The number of rotatable bonds is 7. The molecule has 8 nitrogen and oxygen atoms in total. The maximum atomic E-state index is 8.93. The summed E-state index contributed by atoms with van der Waals surface area (Å²) < 4.78 is 0. The number of hydrogen-bond acceptors (Lipinski definition) is 6. The summed E-state index contributed by atoms with van der Waals surface area (Å²) in [5.74, 6) is 1.49. The van der Waals surface area contributed by atoms with Crippen LogP contribution in [0.3, 0.4) is 0 Å². The molecule has 2 bridgehead atoms. The van der Waals surface area contributed by atoms with Gasteiger partial charge in [-0.1, -0.05) is 19.9 Å². The van der Waals surface area contributed by atoms with Gasteiger partial charge in [0.05, 0.1) is 18.4 Å². The molecule has 0 saturated carbocycles. The van der Waals surface area contributed by atoms with E-state index >= 15 is 0 Å². The van der Waals surface area contributed by atoms with Crippen LogP contribution in [0, 0.1) is 23.7 Å². The third-order valence-corrected chi connectivity index (χ3v) is 6.70. The Bertz CT molecular complexity index is 947. The number of amidine groups is 1. The van der Waals surface area contributed by atoms with Gasteiger partial charge in [-0.3, -0.25) is 25.3 Å². The number of aryl methyl sites for hydroxylation is 1. The molecule has 32 heavy (non-hydrogen) atoms. The number of anilines is 1. The fourth-order valence-electron chi connectivity index (χ4n) is 4.99. The van der Waals surface area contributed by atoms with Gasteiger partial charge in [-0.15, -0.1) is 0 Å². The molecule has 4 heterocycles. The SMILES string of the molecule is Cc1cc(NC(/C=C2/N=CC=CC2(C)C)=NCNC2C[C@H]3CC[C@@H](C2)N3CCC#N)n[nH]1. The summed E-state index contributed by atoms with van der Waals surface area (Å²) in [5.41, 5.74) is 1.80. The van der Waals surface area contributed by atoms with Gasteiger partial charge in [-0.2, -0.15) is 10.4 Å². The molecule has 3 N–H and O–H groups in total. The minimum Gasteiger partial charge on any atom is -0.324 e. The summed E-state index contributed by atoms with van der Waals surface area (Å²) in [4.78, 5) is 12.0. The van der Waals surface area contributed by atoms with Crippen molar-refractivity contribution in [2.75, 3.05) is 18.5 Å². The van der Waals surface area contributed by atoms with Crippen molar-refractivity contribution in [3.8, 4) is 6.07 Å². The fraction of sp³-hybridized carbons (Fsp3) is 0.583. The smallest absolute Gasteiger partial charge is 0.153 e. The number of piperidine rings is 1. The summed E-state index contributed by atoms with van der Waals surface area (Å²) in [6.45, 7) is 7.72. The zero-order valence-electron chi connectivity index (χ0n) is 19.3. The van der Waals surface area contributed by atoms with Gasteiger partial charge in [0.15, 0.2) is 5.82 Å². The molecule has 2 saturated heterocycles. The van der Waals surface area contributed by atoms with E-state index in [2.05, 4.69) is 56.7 Å². The summed E-state index contributed by atoms with van der Waals surface area (Å²) >= 11 is 0. The van der Waals surface area contributed by atoms with E-state index in [0.717, 1.165) is 42.4 Å². The highest BCUT2D eigenvalue weighted by atomic mass is 15.2. The molecule has 0 spiro atoms. The predicted molar refractivity (Wildman–Crippen MR) is 129 cm³/mol. The maximum absolute atomic E-state index is 8.93. The number of aromatic amines is 1. The second-order valence-electron chi connectivity index (χ2n) is 9.55. The van der Waals surface area contributed by atoms with Crippen LogP contribution in [0.15, 0.2) is 40.0 Å². The van der Waals surface area contributed by atoms with E-state index in [1.165, 1.54) is 12.8 Å². The van der Waals surface area contributed by atoms with Crippen LogP contribution >= 0.6 is 0 Å². The summed E-state index contributed by atoms with van der Waals surface area (Å²) in [6.07, 6.45) is 13.3. The highest BCUT2D eigenvalue weighted by molar-refractivity contribution is 6.04. The zero-order valence-corrected chi connectivity index (χ0v) is 19.3. The highest BCUT2D eigenvalue weighted by Gasteiger charge is 2.39. The Hall–Kier alpha value is -2.76. The molecule has 0 radical (unpaired) electrons. The van der Waals surface area contributed by atoms with Crippen LogP contribution in [-0.2, 0) is 0 Å². The van der Waals surface area contributed by atoms with E-state index in [0.29, 0.717) is 31.2 Å². The van der Waals surface area contributed by atoms with Crippen molar-refractivity contribution >= 4 is 17.9 Å². The van der Waals surface area contributed by atoms with Gasteiger partial charge in [-0.05, 0) is 38.7 Å². The Morgan fingerprint density at radius 1 is 1.38 bits per heavy atom. The monoisotopic (exact) mass is 434 g/mol. The topological polar surface area (TPSA) is 104 Å². The Balaban J connectivity index is 1.42. The van der Waals surface area contributed by atoms with E-state index in [1.54, 1.807) is 0 Å². The third kappa shape index (κ3) is 5.34. The minimum atomic E-state index is -0.151. The first-order valence-corrected chi connectivity index (χ1v) is 11.6. The van der Waals surface area contributed by atoms with Gasteiger partial charge >= 0.3 is 0 Å². The Morgan fingerprint density at radius 2 is 2.16 bits per heavy atom. The average molecular weight is 435 g/mol.